The van der Waals surface area contributed by atoms with Gasteiger partial charge in [-0.05, 0) is 44.0 Å². The number of fused-ring (bicyclic) bond motifs is 1. The molecule has 0 amide bonds. The Hall–Kier alpha value is -1.40. The Morgan fingerprint density at radius 2 is 2.04 bits per heavy atom. The minimum atomic E-state index is -1.08. The van der Waals surface area contributed by atoms with Crippen molar-refractivity contribution in [2.45, 2.75) is 43.5 Å². The average molecular weight is 363 g/mol. The molecule has 5 nitrogen and oxygen atoms in total. The smallest absolute Gasteiger partial charge is 0.106 e. The molecule has 4 rings (SSSR count). The molecule has 134 valence electrons. The zero-order valence-corrected chi connectivity index (χ0v) is 15.0. The number of hydrogen-bond acceptors (Lipinski definition) is 5. The summed E-state index contributed by atoms with van der Waals surface area (Å²) in [5.74, 6) is 0. The van der Waals surface area contributed by atoms with Crippen molar-refractivity contribution in [2.75, 3.05) is 24.6 Å². The molecule has 2 N–H and O–H groups in total. The lowest BCUT2D eigenvalue weighted by Gasteiger charge is -2.50. The van der Waals surface area contributed by atoms with Gasteiger partial charge in [-0.15, -0.1) is 0 Å². The Bertz CT molecular complexity index is 787. The molecular formula is C19H23ClN2O3. The molecule has 0 aliphatic carbocycles. The summed E-state index contributed by atoms with van der Waals surface area (Å²) in [6.07, 6.45) is 3.13. The first-order chi connectivity index (χ1) is 11.9. The van der Waals surface area contributed by atoms with Crippen LogP contribution in [0.1, 0.15) is 26.2 Å². The van der Waals surface area contributed by atoms with E-state index in [4.69, 9.17) is 16.3 Å². The van der Waals surface area contributed by atoms with E-state index in [9.17, 15) is 10.2 Å². The number of piperidine rings is 1. The maximum Gasteiger partial charge on any atom is 0.106 e. The summed E-state index contributed by atoms with van der Waals surface area (Å²) in [4.78, 5) is 6.75. The van der Waals surface area contributed by atoms with E-state index < -0.39 is 11.7 Å². The van der Waals surface area contributed by atoms with Crippen LogP contribution in [0.15, 0.2) is 30.5 Å². The molecule has 2 saturated heterocycles. The summed E-state index contributed by atoms with van der Waals surface area (Å²) in [7, 11) is 0. The lowest BCUT2D eigenvalue weighted by molar-refractivity contribution is -0.216. The highest BCUT2D eigenvalue weighted by Gasteiger charge is 2.48. The summed E-state index contributed by atoms with van der Waals surface area (Å²) in [5.41, 5.74) is 0.621. The minimum Gasteiger partial charge on any atom is -0.388 e. The zero-order chi connectivity index (χ0) is 17.7. The molecule has 1 aromatic heterocycles. The van der Waals surface area contributed by atoms with Crippen LogP contribution in [0.5, 0.6) is 0 Å². The van der Waals surface area contributed by atoms with Crippen LogP contribution in [0.25, 0.3) is 10.9 Å². The number of aromatic nitrogens is 1. The van der Waals surface area contributed by atoms with Gasteiger partial charge in [0, 0.05) is 41.8 Å². The average Bonchev–Trinajstić information content (AvgIpc) is 2.58. The molecule has 2 aromatic rings. The predicted octanol–water partition coefficient (Wildman–Crippen LogP) is 2.76. The fourth-order valence-electron chi connectivity index (χ4n) is 4.11. The number of halogens is 1. The van der Waals surface area contributed by atoms with Crippen molar-refractivity contribution in [1.82, 2.24) is 4.98 Å². The highest BCUT2D eigenvalue weighted by Crippen LogP contribution is 2.41. The monoisotopic (exact) mass is 362 g/mol. The number of aliphatic hydroxyl groups is 2. The molecule has 3 heterocycles. The molecule has 0 unspecified atom stereocenters. The van der Waals surface area contributed by atoms with Gasteiger partial charge in [0.1, 0.15) is 6.10 Å². The van der Waals surface area contributed by atoms with Gasteiger partial charge in [-0.2, -0.15) is 0 Å². The number of hydrogen-bond donors (Lipinski definition) is 2. The molecule has 25 heavy (non-hydrogen) atoms. The predicted molar refractivity (Wildman–Crippen MR) is 98.1 cm³/mol. The summed E-state index contributed by atoms with van der Waals surface area (Å²) in [5, 5.41) is 22.1. The van der Waals surface area contributed by atoms with Gasteiger partial charge in [0.05, 0.1) is 23.3 Å². The van der Waals surface area contributed by atoms with E-state index in [0.29, 0.717) is 11.4 Å². The fraction of sp³-hybridized carbons (Fsp3) is 0.526. The highest BCUT2D eigenvalue weighted by molar-refractivity contribution is 6.31. The van der Waals surface area contributed by atoms with Crippen LogP contribution in [-0.4, -0.2) is 52.2 Å². The summed E-state index contributed by atoms with van der Waals surface area (Å²) in [6.45, 7) is 3.58. The number of rotatable bonds is 1. The SMILES string of the molecule is C[C@]1(O)CC2(CCN(c3ccnc4cc(Cl)ccc34)CC2)OC[C@@H]1O. The number of benzene rings is 1. The first-order valence-electron chi connectivity index (χ1n) is 8.72. The van der Waals surface area contributed by atoms with Crippen molar-refractivity contribution in [2.24, 2.45) is 0 Å². The zero-order valence-electron chi connectivity index (χ0n) is 14.3. The van der Waals surface area contributed by atoms with Crippen molar-refractivity contribution in [3.8, 4) is 0 Å². The van der Waals surface area contributed by atoms with Gasteiger partial charge in [0.25, 0.3) is 0 Å². The lowest BCUT2D eigenvalue weighted by atomic mass is 9.76. The van der Waals surface area contributed by atoms with E-state index in [1.54, 1.807) is 6.92 Å². The van der Waals surface area contributed by atoms with Crippen molar-refractivity contribution in [1.29, 1.82) is 0 Å². The first kappa shape index (κ1) is 17.0. The van der Waals surface area contributed by atoms with Gasteiger partial charge in [0.15, 0.2) is 0 Å². The van der Waals surface area contributed by atoms with E-state index >= 15 is 0 Å². The molecule has 0 bridgehead atoms. The third-order valence-corrected chi connectivity index (χ3v) is 5.88. The Labute approximate surface area is 152 Å². The molecule has 0 saturated carbocycles. The van der Waals surface area contributed by atoms with Gasteiger partial charge in [-0.3, -0.25) is 4.98 Å². The number of nitrogens with zero attached hydrogens (tertiary/aromatic N) is 2. The van der Waals surface area contributed by atoms with Gasteiger partial charge < -0.3 is 19.8 Å². The Kier molecular flexibility index (Phi) is 4.15. The van der Waals surface area contributed by atoms with Gasteiger partial charge >= 0.3 is 0 Å². The van der Waals surface area contributed by atoms with Crippen molar-refractivity contribution >= 4 is 28.2 Å². The number of ether oxygens (including phenoxy) is 1. The second-order valence-electron chi connectivity index (χ2n) is 7.52. The lowest BCUT2D eigenvalue weighted by Crippen LogP contribution is -2.59. The quantitative estimate of drug-likeness (QED) is 0.816. The number of aliphatic hydroxyl groups excluding tert-OH is 1. The van der Waals surface area contributed by atoms with Crippen LogP contribution in [0.3, 0.4) is 0 Å². The third-order valence-electron chi connectivity index (χ3n) is 5.64. The van der Waals surface area contributed by atoms with E-state index in [0.717, 1.165) is 42.5 Å². The van der Waals surface area contributed by atoms with Gasteiger partial charge in [-0.25, -0.2) is 0 Å². The summed E-state index contributed by atoms with van der Waals surface area (Å²) >= 11 is 6.08. The number of pyridine rings is 1. The van der Waals surface area contributed by atoms with E-state index in [2.05, 4.69) is 9.88 Å². The van der Waals surface area contributed by atoms with Crippen LogP contribution in [0, 0.1) is 0 Å². The molecule has 0 radical (unpaired) electrons. The second kappa shape index (κ2) is 6.09. The van der Waals surface area contributed by atoms with Crippen LogP contribution in [0.4, 0.5) is 5.69 Å². The first-order valence-corrected chi connectivity index (χ1v) is 9.10. The van der Waals surface area contributed by atoms with E-state index in [1.807, 2.05) is 30.5 Å². The Morgan fingerprint density at radius 3 is 2.76 bits per heavy atom. The Balaban J connectivity index is 1.55. The van der Waals surface area contributed by atoms with Gasteiger partial charge in [-0.1, -0.05) is 11.6 Å². The second-order valence-corrected chi connectivity index (χ2v) is 7.96. The summed E-state index contributed by atoms with van der Waals surface area (Å²) < 4.78 is 5.98. The summed E-state index contributed by atoms with van der Waals surface area (Å²) in [6, 6.07) is 7.83. The largest absolute Gasteiger partial charge is 0.388 e. The Morgan fingerprint density at radius 1 is 1.28 bits per heavy atom. The van der Waals surface area contributed by atoms with E-state index in [1.165, 1.54) is 0 Å². The molecule has 2 aliphatic heterocycles. The van der Waals surface area contributed by atoms with Crippen molar-refractivity contribution < 1.29 is 14.9 Å². The van der Waals surface area contributed by atoms with Crippen LogP contribution in [0.2, 0.25) is 5.02 Å². The topological polar surface area (TPSA) is 65.8 Å². The van der Waals surface area contributed by atoms with Crippen molar-refractivity contribution in [3.05, 3.63) is 35.5 Å². The van der Waals surface area contributed by atoms with Crippen LogP contribution in [-0.2, 0) is 4.74 Å². The number of anilines is 1. The molecule has 2 aliphatic rings. The maximum atomic E-state index is 10.4. The van der Waals surface area contributed by atoms with Crippen LogP contribution >= 0.6 is 11.6 Å². The molecule has 1 aromatic carbocycles. The van der Waals surface area contributed by atoms with E-state index in [-0.39, 0.29) is 12.2 Å². The fourth-order valence-corrected chi connectivity index (χ4v) is 4.28. The standard InChI is InChI=1S/C19H23ClN2O3/c1-18(24)12-19(25-11-17(18)23)5-8-22(9-6-19)16-4-7-21-15-10-13(20)2-3-14(15)16/h2-4,7,10,17,23-24H,5-6,8-9,11-12H2,1H3/t17-,18-/m0/s1. The molecule has 6 heteroatoms. The normalized spacial score (nSPS) is 29.3. The third kappa shape index (κ3) is 3.10. The molecule has 1 spiro atoms. The minimum absolute atomic E-state index is 0.198. The molecule has 2 atom stereocenters. The molecular weight excluding hydrogens is 340 g/mol. The van der Waals surface area contributed by atoms with Gasteiger partial charge in [0.2, 0.25) is 0 Å². The van der Waals surface area contributed by atoms with Crippen LogP contribution < -0.4 is 4.90 Å². The maximum absolute atomic E-state index is 10.4. The van der Waals surface area contributed by atoms with Crippen molar-refractivity contribution in [3.63, 3.8) is 0 Å². The molecule has 2 fully saturated rings. The highest BCUT2D eigenvalue weighted by atomic mass is 35.5.